The summed E-state index contributed by atoms with van der Waals surface area (Å²) in [5.74, 6) is 1.96. The number of pyridine rings is 1. The third-order valence-corrected chi connectivity index (χ3v) is 3.90. The second-order valence-electron chi connectivity index (χ2n) is 5.16. The molecule has 4 heteroatoms. The Balaban J connectivity index is 2.38. The lowest BCUT2D eigenvalue weighted by Gasteiger charge is -2.41. The van der Waals surface area contributed by atoms with E-state index >= 15 is 0 Å². The highest BCUT2D eigenvalue weighted by atomic mass is 16.2. The van der Waals surface area contributed by atoms with Crippen molar-refractivity contribution in [1.29, 1.82) is 0 Å². The second-order valence-corrected chi connectivity index (χ2v) is 5.16. The average Bonchev–Trinajstić information content (AvgIpc) is 2.50. The summed E-state index contributed by atoms with van der Waals surface area (Å²) in [6, 6.07) is 3.93. The van der Waals surface area contributed by atoms with E-state index in [-0.39, 0.29) is 18.0 Å². The number of aromatic nitrogens is 1. The molecule has 1 amide bonds. The van der Waals surface area contributed by atoms with E-state index in [0.29, 0.717) is 6.54 Å². The summed E-state index contributed by atoms with van der Waals surface area (Å²) in [7, 11) is 0. The number of amides is 1. The fraction of sp³-hybridized carbons (Fsp3) is 0.500. The Kier molecular flexibility index (Phi) is 4.75. The fourth-order valence-corrected chi connectivity index (χ4v) is 2.95. The lowest BCUT2D eigenvalue weighted by atomic mass is 9.89. The van der Waals surface area contributed by atoms with E-state index in [0.717, 1.165) is 31.4 Å². The van der Waals surface area contributed by atoms with Crippen molar-refractivity contribution in [3.63, 3.8) is 0 Å². The number of terminal acetylenes is 1. The van der Waals surface area contributed by atoms with E-state index in [9.17, 15) is 4.79 Å². The van der Waals surface area contributed by atoms with E-state index in [1.54, 1.807) is 11.1 Å². The summed E-state index contributed by atoms with van der Waals surface area (Å²) < 4.78 is 0. The molecule has 2 heterocycles. The number of rotatable bonds is 4. The highest BCUT2D eigenvalue weighted by molar-refractivity contribution is 5.93. The van der Waals surface area contributed by atoms with Crippen LogP contribution in [-0.4, -0.2) is 28.4 Å². The average molecular weight is 271 g/mol. The Labute approximate surface area is 120 Å². The van der Waals surface area contributed by atoms with Crippen molar-refractivity contribution in [3.05, 3.63) is 29.6 Å². The molecule has 0 saturated carbocycles. The highest BCUT2D eigenvalue weighted by Gasteiger charge is 2.36. The van der Waals surface area contributed by atoms with Gasteiger partial charge in [0, 0.05) is 18.8 Å². The summed E-state index contributed by atoms with van der Waals surface area (Å²) in [5.41, 5.74) is 7.97. The molecule has 1 aromatic rings. The molecule has 2 N–H and O–H groups in total. The van der Waals surface area contributed by atoms with Gasteiger partial charge in [-0.3, -0.25) is 9.78 Å². The molecule has 0 saturated heterocycles. The molecule has 1 aliphatic rings. The largest absolute Gasteiger partial charge is 0.328 e. The number of hydrogen-bond donors (Lipinski definition) is 1. The number of hydrogen-bond acceptors (Lipinski definition) is 3. The van der Waals surface area contributed by atoms with Gasteiger partial charge in [-0.15, -0.1) is 6.42 Å². The molecule has 1 unspecified atom stereocenters. The summed E-state index contributed by atoms with van der Waals surface area (Å²) in [6.07, 6.45) is 11.0. The molecule has 2 rings (SSSR count). The Morgan fingerprint density at radius 3 is 3.10 bits per heavy atom. The van der Waals surface area contributed by atoms with Crippen LogP contribution in [0, 0.1) is 12.3 Å². The number of unbranched alkanes of at least 4 members (excludes halogenated alkanes) is 1. The molecule has 0 fully saturated rings. The molecule has 0 aliphatic carbocycles. The lowest BCUT2D eigenvalue weighted by molar-refractivity contribution is -0.130. The van der Waals surface area contributed by atoms with E-state index < -0.39 is 0 Å². The molecule has 0 radical (unpaired) electrons. The SMILES string of the molecule is C#CC(=O)N1C(CN)c2ncccc2C[C@@H]1CCCC. The van der Waals surface area contributed by atoms with Crippen molar-refractivity contribution >= 4 is 5.91 Å². The lowest BCUT2D eigenvalue weighted by Crippen LogP contribution is -2.49. The van der Waals surface area contributed by atoms with Gasteiger partial charge < -0.3 is 10.6 Å². The molecule has 106 valence electrons. The minimum atomic E-state index is -0.280. The first kappa shape index (κ1) is 14.5. The van der Waals surface area contributed by atoms with Gasteiger partial charge in [0.2, 0.25) is 0 Å². The van der Waals surface area contributed by atoms with Gasteiger partial charge >= 0.3 is 0 Å². The molecule has 0 aromatic carbocycles. The van der Waals surface area contributed by atoms with Gasteiger partial charge in [0.15, 0.2) is 0 Å². The smallest absolute Gasteiger partial charge is 0.299 e. The maximum Gasteiger partial charge on any atom is 0.299 e. The van der Waals surface area contributed by atoms with Crippen molar-refractivity contribution in [1.82, 2.24) is 9.88 Å². The van der Waals surface area contributed by atoms with Crippen molar-refractivity contribution < 1.29 is 4.79 Å². The normalized spacial score (nSPS) is 21.1. The Morgan fingerprint density at radius 2 is 2.45 bits per heavy atom. The van der Waals surface area contributed by atoms with Gasteiger partial charge in [-0.05, 0) is 30.4 Å². The first-order valence-corrected chi connectivity index (χ1v) is 7.15. The number of nitrogens with two attached hydrogens (primary N) is 1. The van der Waals surface area contributed by atoms with Crippen molar-refractivity contribution in [2.24, 2.45) is 5.73 Å². The summed E-state index contributed by atoms with van der Waals surface area (Å²) in [6.45, 7) is 2.49. The summed E-state index contributed by atoms with van der Waals surface area (Å²) >= 11 is 0. The topological polar surface area (TPSA) is 59.2 Å². The second kappa shape index (κ2) is 6.53. The molecular weight excluding hydrogens is 250 g/mol. The molecular formula is C16H21N3O. The van der Waals surface area contributed by atoms with E-state index in [1.165, 1.54) is 5.56 Å². The number of carbonyl (C=O) groups is 1. The third-order valence-electron chi connectivity index (χ3n) is 3.90. The van der Waals surface area contributed by atoms with Crippen LogP contribution in [-0.2, 0) is 11.2 Å². The van der Waals surface area contributed by atoms with Crippen LogP contribution in [0.4, 0.5) is 0 Å². The van der Waals surface area contributed by atoms with Crippen LogP contribution in [0.2, 0.25) is 0 Å². The van der Waals surface area contributed by atoms with Crippen LogP contribution in [0.15, 0.2) is 18.3 Å². The minimum absolute atomic E-state index is 0.128. The van der Waals surface area contributed by atoms with Gasteiger partial charge in [0.05, 0.1) is 11.7 Å². The quantitative estimate of drug-likeness (QED) is 0.847. The highest BCUT2D eigenvalue weighted by Crippen LogP contribution is 2.33. The monoisotopic (exact) mass is 271 g/mol. The van der Waals surface area contributed by atoms with Crippen LogP contribution in [0.1, 0.15) is 43.5 Å². The Bertz CT molecular complexity index is 521. The molecule has 1 aliphatic heterocycles. The van der Waals surface area contributed by atoms with Gasteiger partial charge in [-0.1, -0.05) is 25.8 Å². The van der Waals surface area contributed by atoms with Gasteiger partial charge in [0.1, 0.15) is 0 Å². The first-order valence-electron chi connectivity index (χ1n) is 7.15. The fourth-order valence-electron chi connectivity index (χ4n) is 2.95. The Hall–Kier alpha value is -1.86. The maximum atomic E-state index is 12.1. The zero-order valence-corrected chi connectivity index (χ0v) is 11.9. The molecule has 0 bridgehead atoms. The number of carbonyl (C=O) groups excluding carboxylic acids is 1. The standard InChI is InChI=1S/C16H21N3O/c1-3-5-8-13-10-12-7-6-9-18-16(12)14(11-17)19(13)15(20)4-2/h2,6-7,9,13-14H,3,5,8,10-11,17H2,1H3/t13-,14?/m0/s1. The molecule has 20 heavy (non-hydrogen) atoms. The molecule has 1 aromatic heterocycles. The Morgan fingerprint density at radius 1 is 1.65 bits per heavy atom. The number of fused-ring (bicyclic) bond motifs is 1. The minimum Gasteiger partial charge on any atom is -0.328 e. The predicted octanol–water partition coefficient (Wildman–Crippen LogP) is 1.66. The zero-order valence-electron chi connectivity index (χ0n) is 11.9. The van der Waals surface area contributed by atoms with Gasteiger partial charge in [-0.2, -0.15) is 0 Å². The van der Waals surface area contributed by atoms with Gasteiger partial charge in [-0.25, -0.2) is 0 Å². The van der Waals surface area contributed by atoms with Crippen LogP contribution in [0.3, 0.4) is 0 Å². The zero-order chi connectivity index (χ0) is 14.5. The number of nitrogens with zero attached hydrogens (tertiary/aromatic N) is 2. The van der Waals surface area contributed by atoms with Crippen LogP contribution >= 0.6 is 0 Å². The van der Waals surface area contributed by atoms with Crippen molar-refractivity contribution in [2.75, 3.05) is 6.54 Å². The van der Waals surface area contributed by atoms with Crippen LogP contribution in [0.5, 0.6) is 0 Å². The van der Waals surface area contributed by atoms with E-state index in [2.05, 4.69) is 23.9 Å². The van der Waals surface area contributed by atoms with Crippen LogP contribution < -0.4 is 5.73 Å². The van der Waals surface area contributed by atoms with Crippen molar-refractivity contribution in [2.45, 2.75) is 44.7 Å². The molecule has 0 spiro atoms. The van der Waals surface area contributed by atoms with Crippen LogP contribution in [0.25, 0.3) is 0 Å². The van der Waals surface area contributed by atoms with Crippen molar-refractivity contribution in [3.8, 4) is 12.3 Å². The van der Waals surface area contributed by atoms with E-state index in [4.69, 9.17) is 12.2 Å². The maximum absolute atomic E-state index is 12.1. The summed E-state index contributed by atoms with van der Waals surface area (Å²) in [5, 5.41) is 0. The molecule has 2 atom stereocenters. The van der Waals surface area contributed by atoms with E-state index in [1.807, 2.05) is 6.07 Å². The first-order chi connectivity index (χ1) is 9.72. The predicted molar refractivity (Wildman–Crippen MR) is 78.7 cm³/mol. The molecule has 4 nitrogen and oxygen atoms in total. The van der Waals surface area contributed by atoms with Gasteiger partial charge in [0.25, 0.3) is 5.91 Å². The summed E-state index contributed by atoms with van der Waals surface area (Å²) in [4.78, 5) is 18.3. The third kappa shape index (κ3) is 2.68.